The third-order valence-electron chi connectivity index (χ3n) is 1.04. The number of nitrogens with zero attached hydrogens (tertiary/aromatic N) is 2. The van der Waals surface area contributed by atoms with E-state index in [9.17, 15) is 10.0 Å². The highest BCUT2D eigenvalue weighted by molar-refractivity contribution is 5.73. The number of carbonyl (C=O) groups is 1. The molecule has 0 aliphatic heterocycles. The van der Waals surface area contributed by atoms with Gasteiger partial charge >= 0.3 is 5.97 Å². The van der Waals surface area contributed by atoms with Crippen LogP contribution in [0.5, 0.6) is 0 Å². The second-order valence-corrected chi connectivity index (χ2v) is 1.77. The number of hydrogen-bond acceptors (Lipinski definition) is 5. The van der Waals surface area contributed by atoms with E-state index in [4.69, 9.17) is 0 Å². The van der Waals surface area contributed by atoms with Gasteiger partial charge in [0.2, 0.25) is 5.28 Å². The number of rotatable bonds is 3. The minimum absolute atomic E-state index is 0.131. The van der Waals surface area contributed by atoms with E-state index in [2.05, 4.69) is 14.9 Å². The summed E-state index contributed by atoms with van der Waals surface area (Å²) in [6.45, 7) is 1.36. The molecule has 1 atom stereocenters. The van der Waals surface area contributed by atoms with Gasteiger partial charge in [-0.3, -0.25) is 0 Å². The van der Waals surface area contributed by atoms with Crippen molar-refractivity contribution in [1.82, 2.24) is 0 Å². The Kier molecular flexibility index (Phi) is 3.94. The van der Waals surface area contributed by atoms with Gasteiger partial charge in [-0.2, -0.15) is 0 Å². The molecule has 0 fully saturated rings. The Morgan fingerprint density at radius 3 is 2.55 bits per heavy atom. The van der Waals surface area contributed by atoms with Crippen molar-refractivity contribution in [2.45, 2.75) is 13.0 Å². The number of hydroxylamine groups is 1. The third-order valence-corrected chi connectivity index (χ3v) is 1.04. The molecular weight excluding hydrogens is 152 g/mol. The summed E-state index contributed by atoms with van der Waals surface area (Å²) in [5, 5.41) is 13.6. The van der Waals surface area contributed by atoms with Crippen LogP contribution < -0.4 is 0 Å². The second kappa shape index (κ2) is 4.48. The first-order valence-corrected chi connectivity index (χ1v) is 2.91. The molecule has 1 unspecified atom stereocenters. The average Bonchev–Trinajstić information content (AvgIpc) is 2.02. The summed E-state index contributed by atoms with van der Waals surface area (Å²) in [5.41, 5.74) is 0. The van der Waals surface area contributed by atoms with Crippen molar-refractivity contribution in [2.75, 3.05) is 14.2 Å². The first kappa shape index (κ1) is 9.67. The molecule has 6 heteroatoms. The second-order valence-electron chi connectivity index (χ2n) is 1.77. The van der Waals surface area contributed by atoms with E-state index < -0.39 is 12.0 Å². The molecule has 0 aromatic rings. The highest BCUT2D eigenvalue weighted by Gasteiger charge is 2.22. The van der Waals surface area contributed by atoms with E-state index in [-0.39, 0.29) is 4.86 Å². The van der Waals surface area contributed by atoms with E-state index in [0.717, 1.165) is 0 Å². The van der Waals surface area contributed by atoms with Crippen LogP contribution in [0, 0.1) is 5.21 Å². The van der Waals surface area contributed by atoms with Gasteiger partial charge in [0.1, 0.15) is 7.11 Å². The summed E-state index contributed by atoms with van der Waals surface area (Å²) in [4.78, 5) is 14.9. The molecule has 0 rings (SSSR count). The van der Waals surface area contributed by atoms with Crippen molar-refractivity contribution in [2.24, 2.45) is 5.28 Å². The van der Waals surface area contributed by atoms with Crippen LogP contribution in [0.2, 0.25) is 0 Å². The molecule has 0 saturated heterocycles. The maximum atomic E-state index is 10.7. The summed E-state index contributed by atoms with van der Waals surface area (Å²) in [6.07, 6.45) is 0. The van der Waals surface area contributed by atoms with Gasteiger partial charge in [0.15, 0.2) is 0 Å². The van der Waals surface area contributed by atoms with Crippen LogP contribution in [0.1, 0.15) is 6.92 Å². The zero-order valence-corrected chi connectivity index (χ0v) is 6.60. The number of hydrogen-bond donors (Lipinski definition) is 0. The monoisotopic (exact) mass is 162 g/mol. The zero-order chi connectivity index (χ0) is 8.85. The number of carbonyl (C=O) groups excluding carboxylic acids is 1. The molecule has 0 spiro atoms. The summed E-state index contributed by atoms with van der Waals surface area (Å²) in [7, 11) is 2.41. The summed E-state index contributed by atoms with van der Waals surface area (Å²) in [6, 6.07) is -0.972. The Hall–Kier alpha value is -1.33. The van der Waals surface area contributed by atoms with Crippen molar-refractivity contribution in [3.8, 4) is 0 Å². The van der Waals surface area contributed by atoms with Crippen LogP contribution in [0.25, 0.3) is 0 Å². The maximum Gasteiger partial charge on any atom is 0.378 e. The molecule has 0 saturated carbocycles. The fraction of sp³-hybridized carbons (Fsp3) is 0.800. The lowest BCUT2D eigenvalue weighted by molar-refractivity contribution is -0.578. The lowest BCUT2D eigenvalue weighted by Crippen LogP contribution is -2.27. The van der Waals surface area contributed by atoms with Crippen LogP contribution in [0.3, 0.4) is 0 Å². The average molecular weight is 162 g/mol. The van der Waals surface area contributed by atoms with Crippen LogP contribution in [-0.4, -0.2) is 31.1 Å². The van der Waals surface area contributed by atoms with Gasteiger partial charge in [0.25, 0.3) is 6.04 Å². The molecule has 0 radical (unpaired) electrons. The molecule has 64 valence electrons. The molecule has 0 aromatic carbocycles. The van der Waals surface area contributed by atoms with E-state index in [1.807, 2.05) is 0 Å². The van der Waals surface area contributed by atoms with Crippen molar-refractivity contribution >= 4 is 5.97 Å². The molecule has 0 aliphatic carbocycles. The standard InChI is InChI=1S/C5H10N2O4/c1-4(5(8)10-2)7(9)6-11-3/h4H,1-3H3/b7-6+. The van der Waals surface area contributed by atoms with Crippen LogP contribution in [0.4, 0.5) is 0 Å². The summed E-state index contributed by atoms with van der Waals surface area (Å²) < 4.78 is 4.28. The predicted molar refractivity (Wildman–Crippen MR) is 34.5 cm³/mol. The Morgan fingerprint density at radius 2 is 2.18 bits per heavy atom. The smallest absolute Gasteiger partial charge is 0.378 e. The molecule has 0 aliphatic rings. The van der Waals surface area contributed by atoms with Crippen LogP contribution >= 0.6 is 0 Å². The molecule has 11 heavy (non-hydrogen) atoms. The predicted octanol–water partition coefficient (Wildman–Crippen LogP) is 0.0718. The highest BCUT2D eigenvalue weighted by Crippen LogP contribution is 1.93. The number of methoxy groups -OCH3 is 1. The number of ether oxygens (including phenoxy) is 1. The SMILES string of the molecule is CO/N=[N+](/[O-])C(C)C(=O)OC. The quantitative estimate of drug-likeness (QED) is 0.255. The molecule has 0 N–H and O–H groups in total. The van der Waals surface area contributed by atoms with E-state index >= 15 is 0 Å². The lowest BCUT2D eigenvalue weighted by atomic mass is 10.4. The summed E-state index contributed by atoms with van der Waals surface area (Å²) >= 11 is 0. The largest absolute Gasteiger partial charge is 0.597 e. The first-order chi connectivity index (χ1) is 5.13. The maximum absolute atomic E-state index is 10.7. The van der Waals surface area contributed by atoms with Crippen molar-refractivity contribution in [3.63, 3.8) is 0 Å². The van der Waals surface area contributed by atoms with E-state index in [1.165, 1.54) is 21.1 Å². The summed E-state index contributed by atoms with van der Waals surface area (Å²) in [5.74, 6) is -0.652. The van der Waals surface area contributed by atoms with Crippen LogP contribution in [0.15, 0.2) is 5.28 Å². The minimum atomic E-state index is -0.972. The molecule has 6 nitrogen and oxygen atoms in total. The van der Waals surface area contributed by atoms with Gasteiger partial charge < -0.3 is 14.8 Å². The Balaban J connectivity index is 4.12. The molecule has 0 bridgehead atoms. The molecule has 0 heterocycles. The minimum Gasteiger partial charge on any atom is -0.597 e. The molecule has 0 amide bonds. The fourth-order valence-electron chi connectivity index (χ4n) is 0.412. The Labute approximate surface area is 63.9 Å². The van der Waals surface area contributed by atoms with Crippen molar-refractivity contribution in [1.29, 1.82) is 0 Å². The Morgan fingerprint density at radius 1 is 1.64 bits per heavy atom. The van der Waals surface area contributed by atoms with Gasteiger partial charge in [-0.1, -0.05) is 0 Å². The topological polar surface area (TPSA) is 74.0 Å². The van der Waals surface area contributed by atoms with Gasteiger partial charge in [-0.15, -0.1) is 0 Å². The van der Waals surface area contributed by atoms with Gasteiger partial charge in [0.05, 0.1) is 7.11 Å². The van der Waals surface area contributed by atoms with E-state index in [1.54, 1.807) is 0 Å². The van der Waals surface area contributed by atoms with E-state index in [0.29, 0.717) is 0 Å². The third kappa shape index (κ3) is 2.83. The first-order valence-electron chi connectivity index (χ1n) is 2.91. The Bertz CT molecular complexity index is 168. The molecular formula is C5H10N2O4. The van der Waals surface area contributed by atoms with Crippen molar-refractivity contribution in [3.05, 3.63) is 5.21 Å². The normalized spacial score (nSPS) is 13.9. The zero-order valence-electron chi connectivity index (χ0n) is 6.60. The van der Waals surface area contributed by atoms with Gasteiger partial charge in [-0.25, -0.2) is 4.79 Å². The van der Waals surface area contributed by atoms with Crippen LogP contribution in [-0.2, 0) is 14.4 Å². The molecule has 0 aromatic heterocycles. The lowest BCUT2D eigenvalue weighted by Gasteiger charge is -2.04. The van der Waals surface area contributed by atoms with Gasteiger partial charge in [-0.05, 0) is 4.86 Å². The van der Waals surface area contributed by atoms with Crippen molar-refractivity contribution < 1.29 is 19.2 Å². The highest BCUT2D eigenvalue weighted by atomic mass is 16.7. The van der Waals surface area contributed by atoms with Gasteiger partial charge in [0, 0.05) is 6.92 Å². The fourth-order valence-corrected chi connectivity index (χ4v) is 0.412. The number of esters is 1.